The van der Waals surface area contributed by atoms with Gasteiger partial charge in [0.25, 0.3) is 0 Å². The van der Waals surface area contributed by atoms with Crippen LogP contribution in [0.25, 0.3) is 0 Å². The molecule has 1 atom stereocenters. The van der Waals surface area contributed by atoms with Gasteiger partial charge in [0.2, 0.25) is 0 Å². The molecule has 0 saturated carbocycles. The van der Waals surface area contributed by atoms with Gasteiger partial charge in [-0.25, -0.2) is 0 Å². The Kier molecular flexibility index (Phi) is 4.20. The molecule has 0 bridgehead atoms. The van der Waals surface area contributed by atoms with Crippen molar-refractivity contribution >= 4 is 11.3 Å². The SMILES string of the molecule is Cc1ccc(C(O)CCN2CCc3sccc3C2)cc1. The smallest absolute Gasteiger partial charge is 0.0802 e. The fourth-order valence-electron chi connectivity index (χ4n) is 2.76. The zero-order valence-corrected chi connectivity index (χ0v) is 12.7. The van der Waals surface area contributed by atoms with Crippen LogP contribution in [0.4, 0.5) is 0 Å². The molecule has 20 heavy (non-hydrogen) atoms. The van der Waals surface area contributed by atoms with Gasteiger partial charge in [0, 0.05) is 24.5 Å². The van der Waals surface area contributed by atoms with E-state index in [0.717, 1.165) is 38.0 Å². The van der Waals surface area contributed by atoms with Gasteiger partial charge in [0.1, 0.15) is 0 Å². The standard InChI is InChI=1S/C17H21NOS/c1-13-2-4-14(5-3-13)16(19)6-9-18-10-7-17-15(12-18)8-11-20-17/h2-5,8,11,16,19H,6-7,9-10,12H2,1H3. The molecule has 3 heteroatoms. The zero-order valence-electron chi connectivity index (χ0n) is 11.9. The second-order valence-electron chi connectivity index (χ2n) is 5.61. The third-order valence-electron chi connectivity index (χ3n) is 4.07. The van der Waals surface area contributed by atoms with E-state index in [1.54, 1.807) is 4.88 Å². The molecule has 0 spiro atoms. The van der Waals surface area contributed by atoms with Crippen LogP contribution >= 0.6 is 11.3 Å². The number of hydrogen-bond donors (Lipinski definition) is 1. The van der Waals surface area contributed by atoms with Gasteiger partial charge in [0.05, 0.1) is 6.10 Å². The van der Waals surface area contributed by atoms with Crippen LogP contribution in [0.1, 0.15) is 34.1 Å². The molecule has 0 saturated heterocycles. The average molecular weight is 287 g/mol. The monoisotopic (exact) mass is 287 g/mol. The number of aryl methyl sites for hydroxylation is 1. The number of fused-ring (bicyclic) bond motifs is 1. The van der Waals surface area contributed by atoms with Crippen LogP contribution < -0.4 is 0 Å². The normalized spacial score (nSPS) is 16.9. The van der Waals surface area contributed by atoms with Crippen LogP contribution in [0.5, 0.6) is 0 Å². The van der Waals surface area contributed by atoms with Gasteiger partial charge in [-0.05, 0) is 42.3 Å². The minimum absolute atomic E-state index is 0.348. The van der Waals surface area contributed by atoms with Crippen LogP contribution in [-0.4, -0.2) is 23.1 Å². The largest absolute Gasteiger partial charge is 0.388 e. The summed E-state index contributed by atoms with van der Waals surface area (Å²) >= 11 is 1.87. The molecule has 1 unspecified atom stereocenters. The highest BCUT2D eigenvalue weighted by Crippen LogP contribution is 2.25. The molecular weight excluding hydrogens is 266 g/mol. The summed E-state index contributed by atoms with van der Waals surface area (Å²) in [6, 6.07) is 10.4. The van der Waals surface area contributed by atoms with Gasteiger partial charge < -0.3 is 5.11 Å². The zero-order chi connectivity index (χ0) is 13.9. The van der Waals surface area contributed by atoms with E-state index >= 15 is 0 Å². The number of hydrogen-bond acceptors (Lipinski definition) is 3. The summed E-state index contributed by atoms with van der Waals surface area (Å²) in [7, 11) is 0. The van der Waals surface area contributed by atoms with E-state index in [-0.39, 0.29) is 6.10 Å². The Morgan fingerprint density at radius 3 is 2.85 bits per heavy atom. The molecule has 0 aliphatic carbocycles. The van der Waals surface area contributed by atoms with Crippen LogP contribution in [0.2, 0.25) is 0 Å². The molecule has 0 amide bonds. The van der Waals surface area contributed by atoms with E-state index in [1.165, 1.54) is 11.1 Å². The number of aliphatic hydroxyl groups excluding tert-OH is 1. The molecule has 0 radical (unpaired) electrons. The van der Waals surface area contributed by atoms with Crippen molar-refractivity contribution in [3.63, 3.8) is 0 Å². The Bertz CT molecular complexity index is 561. The molecule has 3 rings (SSSR count). The third-order valence-corrected chi connectivity index (χ3v) is 5.09. The lowest BCUT2D eigenvalue weighted by Crippen LogP contribution is -2.31. The maximum absolute atomic E-state index is 10.3. The van der Waals surface area contributed by atoms with Gasteiger partial charge in [0.15, 0.2) is 0 Å². The van der Waals surface area contributed by atoms with Crippen LogP contribution in [-0.2, 0) is 13.0 Å². The molecular formula is C17H21NOS. The van der Waals surface area contributed by atoms with E-state index in [1.807, 2.05) is 23.5 Å². The van der Waals surface area contributed by atoms with Crippen molar-refractivity contribution in [1.29, 1.82) is 0 Å². The van der Waals surface area contributed by atoms with Crippen LogP contribution in [0, 0.1) is 6.92 Å². The first-order valence-corrected chi connectivity index (χ1v) is 8.12. The fraction of sp³-hybridized carbons (Fsp3) is 0.412. The molecule has 1 aromatic heterocycles. The van der Waals surface area contributed by atoms with Crippen molar-refractivity contribution in [3.8, 4) is 0 Å². The number of nitrogens with zero attached hydrogens (tertiary/aromatic N) is 1. The summed E-state index contributed by atoms with van der Waals surface area (Å²) in [5.41, 5.74) is 3.75. The van der Waals surface area contributed by atoms with Crippen molar-refractivity contribution in [2.24, 2.45) is 0 Å². The minimum Gasteiger partial charge on any atom is -0.388 e. The summed E-state index contributed by atoms with van der Waals surface area (Å²) in [4.78, 5) is 3.99. The Balaban J connectivity index is 1.54. The van der Waals surface area contributed by atoms with E-state index in [4.69, 9.17) is 0 Å². The van der Waals surface area contributed by atoms with Gasteiger partial charge in [-0.1, -0.05) is 29.8 Å². The van der Waals surface area contributed by atoms with E-state index in [9.17, 15) is 5.11 Å². The predicted octanol–water partition coefficient (Wildman–Crippen LogP) is 3.54. The number of benzene rings is 1. The first kappa shape index (κ1) is 13.8. The quantitative estimate of drug-likeness (QED) is 0.930. The highest BCUT2D eigenvalue weighted by molar-refractivity contribution is 7.10. The topological polar surface area (TPSA) is 23.5 Å². The first-order chi connectivity index (χ1) is 9.72. The summed E-state index contributed by atoms with van der Waals surface area (Å²) in [6.45, 7) is 5.19. The summed E-state index contributed by atoms with van der Waals surface area (Å²) in [5, 5.41) is 12.5. The van der Waals surface area contributed by atoms with Gasteiger partial charge >= 0.3 is 0 Å². The van der Waals surface area contributed by atoms with Gasteiger partial charge in [-0.2, -0.15) is 0 Å². The lowest BCUT2D eigenvalue weighted by molar-refractivity contribution is 0.137. The Morgan fingerprint density at radius 2 is 2.05 bits per heavy atom. The molecule has 106 valence electrons. The van der Waals surface area contributed by atoms with Crippen LogP contribution in [0.3, 0.4) is 0 Å². The fourth-order valence-corrected chi connectivity index (χ4v) is 3.65. The molecule has 0 fully saturated rings. The van der Waals surface area contributed by atoms with E-state index < -0.39 is 0 Å². The maximum Gasteiger partial charge on any atom is 0.0802 e. The highest BCUT2D eigenvalue weighted by Gasteiger charge is 2.18. The third kappa shape index (κ3) is 3.11. The minimum atomic E-state index is -0.348. The van der Waals surface area contributed by atoms with Gasteiger partial charge in [-0.15, -0.1) is 11.3 Å². The van der Waals surface area contributed by atoms with Crippen molar-refractivity contribution < 1.29 is 5.11 Å². The molecule has 2 nitrogen and oxygen atoms in total. The lowest BCUT2D eigenvalue weighted by Gasteiger charge is -2.27. The van der Waals surface area contributed by atoms with Crippen molar-refractivity contribution in [2.75, 3.05) is 13.1 Å². The number of rotatable bonds is 4. The van der Waals surface area contributed by atoms with E-state index in [2.05, 4.69) is 35.4 Å². The van der Waals surface area contributed by atoms with Crippen LogP contribution in [0.15, 0.2) is 35.7 Å². The van der Waals surface area contributed by atoms with Crippen molar-refractivity contribution in [3.05, 3.63) is 57.3 Å². The Morgan fingerprint density at radius 1 is 1.25 bits per heavy atom. The highest BCUT2D eigenvalue weighted by atomic mass is 32.1. The second kappa shape index (κ2) is 6.08. The molecule has 1 aromatic carbocycles. The van der Waals surface area contributed by atoms with Crippen molar-refractivity contribution in [2.45, 2.75) is 32.4 Å². The Labute approximate surface area is 124 Å². The molecule has 2 heterocycles. The molecule has 1 aliphatic heterocycles. The summed E-state index contributed by atoms with van der Waals surface area (Å²) < 4.78 is 0. The van der Waals surface area contributed by atoms with Crippen molar-refractivity contribution in [1.82, 2.24) is 4.90 Å². The molecule has 1 aliphatic rings. The predicted molar refractivity (Wildman–Crippen MR) is 84.1 cm³/mol. The lowest BCUT2D eigenvalue weighted by atomic mass is 10.0. The van der Waals surface area contributed by atoms with E-state index in [0.29, 0.717) is 0 Å². The summed E-state index contributed by atoms with van der Waals surface area (Å²) in [6.07, 6.45) is 1.62. The first-order valence-electron chi connectivity index (χ1n) is 7.24. The molecule has 1 N–H and O–H groups in total. The maximum atomic E-state index is 10.3. The average Bonchev–Trinajstić information content (AvgIpc) is 2.93. The Hall–Kier alpha value is -1.16. The second-order valence-corrected chi connectivity index (χ2v) is 6.61. The summed E-state index contributed by atoms with van der Waals surface area (Å²) in [5.74, 6) is 0. The number of thiophene rings is 1. The molecule has 2 aromatic rings. The van der Waals surface area contributed by atoms with Gasteiger partial charge in [-0.3, -0.25) is 4.90 Å². The number of aliphatic hydroxyl groups is 1.